The van der Waals surface area contributed by atoms with Crippen LogP contribution in [0.1, 0.15) is 85.3 Å². The van der Waals surface area contributed by atoms with Crippen LogP contribution in [-0.4, -0.2) is 86.8 Å². The van der Waals surface area contributed by atoms with E-state index in [1.807, 2.05) is 85.6 Å². The van der Waals surface area contributed by atoms with Gasteiger partial charge in [0.1, 0.15) is 46.1 Å². The molecule has 0 aliphatic carbocycles. The molecule has 0 heterocycles. The highest BCUT2D eigenvalue weighted by atomic mass is 32.4. The lowest BCUT2D eigenvalue weighted by Gasteiger charge is -2.34. The van der Waals surface area contributed by atoms with Gasteiger partial charge in [-0.3, -0.25) is 23.3 Å². The fourth-order valence-corrected chi connectivity index (χ4v) is 20.7. The van der Waals surface area contributed by atoms with Crippen molar-refractivity contribution in [2.75, 3.05) is 54.6 Å². The van der Waals surface area contributed by atoms with Crippen molar-refractivity contribution < 1.29 is 41.4 Å². The van der Waals surface area contributed by atoms with Crippen LogP contribution in [0.25, 0.3) is 0 Å². The van der Waals surface area contributed by atoms with Crippen molar-refractivity contribution in [2.45, 2.75) is 96.9 Å². The predicted molar refractivity (Wildman–Crippen MR) is 319 cm³/mol. The summed E-state index contributed by atoms with van der Waals surface area (Å²) in [4.78, 5) is 1.71. The van der Waals surface area contributed by atoms with Crippen molar-refractivity contribution in [1.82, 2.24) is 9.68 Å². The van der Waals surface area contributed by atoms with Crippen LogP contribution in [0.5, 0.6) is 17.2 Å². The molecule has 0 saturated carbocycles. The molecule has 20 heteroatoms. The molecular weight excluding hydrogens is 1070 g/mol. The lowest BCUT2D eigenvalue weighted by molar-refractivity contribution is 0.0986. The average molecular weight is 1150 g/mol. The fourth-order valence-electron chi connectivity index (χ4n) is 8.14. The Bertz CT molecular complexity index is 2710. The van der Waals surface area contributed by atoms with E-state index in [4.69, 9.17) is 65.5 Å². The molecule has 4 unspecified atom stereocenters. The Balaban J connectivity index is 1.31. The van der Waals surface area contributed by atoms with Crippen LogP contribution < -0.4 is 30.1 Å². The van der Waals surface area contributed by atoms with Gasteiger partial charge in [0.05, 0.1) is 27.0 Å². The van der Waals surface area contributed by atoms with Gasteiger partial charge in [0.25, 0.3) is 0 Å². The van der Waals surface area contributed by atoms with E-state index in [-0.39, 0.29) is 18.2 Å². The lowest BCUT2D eigenvalue weighted by Crippen LogP contribution is -2.30. The topological polar surface area (TPSA) is 130 Å². The molecule has 0 saturated heterocycles. The summed E-state index contributed by atoms with van der Waals surface area (Å²) < 4.78 is 74.3. The highest BCUT2D eigenvalue weighted by molar-refractivity contribution is 8.08. The average Bonchev–Trinajstić information content (AvgIpc) is 3.41. The maximum atomic E-state index is 13.0. The van der Waals surface area contributed by atoms with Crippen molar-refractivity contribution in [3.8, 4) is 17.2 Å². The highest BCUT2D eigenvalue weighted by Gasteiger charge is 2.36. The zero-order valence-corrected chi connectivity index (χ0v) is 51.4. The number of hydrogen-bond acceptors (Lipinski definition) is 13. The summed E-state index contributed by atoms with van der Waals surface area (Å²) >= 11 is 12.7. The molecule has 5 aromatic carbocycles. The smallest absolute Gasteiger partial charge is 0.344 e. The Kier molecular flexibility index (Phi) is 23.2. The van der Waals surface area contributed by atoms with Gasteiger partial charge in [-0.15, -0.1) is 0 Å². The van der Waals surface area contributed by atoms with Gasteiger partial charge in [-0.05, 0) is 125 Å². The largest absolute Gasteiger partial charge is 0.488 e. The van der Waals surface area contributed by atoms with E-state index in [1.165, 1.54) is 28.4 Å². The summed E-state index contributed by atoms with van der Waals surface area (Å²) in [7, 11) is -2.35. The van der Waals surface area contributed by atoms with Crippen molar-refractivity contribution in [3.05, 3.63) is 145 Å². The van der Waals surface area contributed by atoms with Crippen molar-refractivity contribution in [3.63, 3.8) is 0 Å². The maximum Gasteiger partial charge on any atom is 0.344 e. The van der Waals surface area contributed by atoms with Crippen LogP contribution in [0.2, 0.25) is 0 Å². The summed E-state index contributed by atoms with van der Waals surface area (Å²) in [5.74, 6) is 2.21. The van der Waals surface area contributed by atoms with Crippen LogP contribution in [0.15, 0.2) is 143 Å². The minimum Gasteiger partial charge on any atom is -0.488 e. The van der Waals surface area contributed by atoms with Crippen LogP contribution in [0.3, 0.4) is 0 Å². The summed E-state index contributed by atoms with van der Waals surface area (Å²) in [6.45, 7) is 11.4. The van der Waals surface area contributed by atoms with Crippen molar-refractivity contribution in [2.24, 2.45) is 9.62 Å². The van der Waals surface area contributed by atoms with Gasteiger partial charge in [0.15, 0.2) is 0 Å². The van der Waals surface area contributed by atoms with E-state index < -0.39 is 46.6 Å². The minimum atomic E-state index is -3.45. The summed E-state index contributed by atoms with van der Waals surface area (Å²) in [5.41, 5.74) is 1.59. The molecule has 0 amide bonds. The van der Waals surface area contributed by atoms with Crippen LogP contribution in [0.4, 0.5) is 0 Å². The third-order valence-corrected chi connectivity index (χ3v) is 29.3. The monoisotopic (exact) mass is 1140 g/mol. The summed E-state index contributed by atoms with van der Waals surface area (Å²) in [6, 6.07) is 45.3. The first-order chi connectivity index (χ1) is 35.2. The Hall–Kier alpha value is -3.24. The van der Waals surface area contributed by atoms with E-state index >= 15 is 0 Å². The second-order valence-corrected chi connectivity index (χ2v) is 33.2. The van der Waals surface area contributed by atoms with Crippen molar-refractivity contribution >= 4 is 81.7 Å². The molecule has 0 fully saturated rings. The van der Waals surface area contributed by atoms with Gasteiger partial charge < -0.3 is 32.3 Å². The number of hydrogen-bond donors (Lipinski definition) is 0. The number of rotatable bonds is 30. The predicted octanol–water partition coefficient (Wildman–Crippen LogP) is 13.7. The van der Waals surface area contributed by atoms with Crippen LogP contribution in [0, 0.1) is 0 Å². The Morgan fingerprint density at radius 1 is 0.595 bits per heavy atom. The number of hydrazone groups is 1. The molecule has 13 nitrogen and oxygen atoms in total. The first-order valence-corrected chi connectivity index (χ1v) is 35.1. The molecule has 0 aromatic heterocycles. The minimum absolute atomic E-state index is 0.0855. The number of benzene rings is 5. The molecule has 0 radical (unpaired) electrons. The van der Waals surface area contributed by atoms with Gasteiger partial charge in [-0.25, -0.2) is 0 Å². The molecule has 4 atom stereocenters. The molecule has 0 N–H and O–H groups in total. The standard InChI is InChI=1S/C54H77N4O9P5S2/c1-13-39-52(4,5)65-46-34-36-51(37-35-46)72(49-22-18-16-19-23-49,50-24-20-17-21-25-50)56-68(73)53(6,14-2)66-47-32-28-45(29-33-47)41-55-57(8)69(74)54(7,15-3)67-48-30-26-44(27-31-48)38-40-58(42-70(59,61-9)62-10)43-71(60,63-11)64-12/h16-37,41,68-69H,13-15,38-40,42-43H2,1-12H3. The van der Waals surface area contributed by atoms with E-state index in [9.17, 15) is 9.13 Å². The summed E-state index contributed by atoms with van der Waals surface area (Å²) in [5, 5.41) is 6.78. The Morgan fingerprint density at radius 3 is 1.49 bits per heavy atom. The van der Waals surface area contributed by atoms with Gasteiger partial charge in [-0.2, -0.15) is 5.10 Å². The summed E-state index contributed by atoms with van der Waals surface area (Å²) in [6.07, 6.45) is 5.51. The third-order valence-electron chi connectivity index (χ3n) is 13.0. The molecule has 5 aromatic rings. The molecule has 0 bridgehead atoms. The van der Waals surface area contributed by atoms with E-state index in [2.05, 4.69) is 114 Å². The fraction of sp³-hybridized carbons (Fsp3) is 0.426. The maximum absolute atomic E-state index is 13.0. The molecular formula is C54H77N4O9P5S2. The van der Waals surface area contributed by atoms with Gasteiger partial charge in [-0.1, -0.05) is 124 Å². The lowest BCUT2D eigenvalue weighted by atomic mass is 10.0. The first kappa shape index (κ1) is 61.6. The molecule has 404 valence electrons. The van der Waals surface area contributed by atoms with Crippen molar-refractivity contribution in [1.29, 1.82) is 0 Å². The zero-order valence-electron chi connectivity index (χ0n) is 45.1. The van der Waals surface area contributed by atoms with E-state index in [0.29, 0.717) is 37.3 Å². The van der Waals surface area contributed by atoms with Gasteiger partial charge in [0.2, 0.25) is 0 Å². The number of nitrogens with zero attached hydrogens (tertiary/aromatic N) is 4. The van der Waals surface area contributed by atoms with Gasteiger partial charge in [0, 0.05) is 57.9 Å². The first-order valence-electron chi connectivity index (χ1n) is 24.8. The Labute approximate surface area is 453 Å². The molecule has 0 spiro atoms. The zero-order chi connectivity index (χ0) is 54.2. The number of ether oxygens (including phenoxy) is 3. The molecule has 5 rings (SSSR count). The van der Waals surface area contributed by atoms with Crippen LogP contribution >= 0.6 is 35.9 Å². The third kappa shape index (κ3) is 16.4. The van der Waals surface area contributed by atoms with Gasteiger partial charge >= 0.3 is 15.2 Å². The quantitative estimate of drug-likeness (QED) is 0.0246. The van der Waals surface area contributed by atoms with Crippen LogP contribution in [-0.2, 0) is 57.3 Å². The van der Waals surface area contributed by atoms with E-state index in [1.54, 1.807) is 4.90 Å². The molecule has 0 aliphatic rings. The SMILES string of the molecule is CCCC(C)(C)Oc1ccc(P(=N[PH](=S)C(C)(CC)Oc2ccc(C=NN(C)[PH](=S)C(C)(CC)Oc3ccc(CCN(CP(=O)(OC)OC)CP(=O)(OC)OC)cc3)cc2)(c2ccccc2)c2ccccc2)cc1. The second kappa shape index (κ2) is 27.9. The molecule has 74 heavy (non-hydrogen) atoms. The second-order valence-electron chi connectivity index (χ2n) is 18.9. The Morgan fingerprint density at radius 2 is 1.03 bits per heavy atom. The highest BCUT2D eigenvalue weighted by Crippen LogP contribution is 2.57. The molecule has 0 aliphatic heterocycles. The van der Waals surface area contributed by atoms with E-state index in [0.717, 1.165) is 45.6 Å². The normalized spacial score (nSPS) is 15.0.